The number of nitrogens with one attached hydrogen (secondary N) is 2. The van der Waals surface area contributed by atoms with Gasteiger partial charge in [-0.2, -0.15) is 0 Å². The Labute approximate surface area is 128 Å². The first kappa shape index (κ1) is 15.9. The van der Waals surface area contributed by atoms with Crippen LogP contribution in [-0.4, -0.2) is 45.4 Å². The fourth-order valence-corrected chi connectivity index (χ4v) is 2.73. The van der Waals surface area contributed by atoms with Crippen molar-refractivity contribution >= 4 is 23.2 Å². The average molecular weight is 314 g/mol. The first-order valence-electron chi connectivity index (χ1n) is 6.74. The lowest BCUT2D eigenvalue weighted by Crippen LogP contribution is -2.53. The van der Waals surface area contributed by atoms with E-state index in [9.17, 15) is 4.79 Å². The predicted octanol–water partition coefficient (Wildman–Crippen LogP) is 1.04. The minimum Gasteiger partial charge on any atom is -0.494 e. The molecule has 0 bridgehead atoms. The van der Waals surface area contributed by atoms with E-state index in [0.29, 0.717) is 28.6 Å². The molecule has 1 saturated heterocycles. The van der Waals surface area contributed by atoms with Crippen LogP contribution >= 0.6 is 11.6 Å². The second-order valence-electron chi connectivity index (χ2n) is 4.92. The first-order valence-corrected chi connectivity index (χ1v) is 7.12. The maximum atomic E-state index is 12.5. The lowest BCUT2D eigenvalue weighted by molar-refractivity contribution is 0.0476. The number of anilines is 1. The van der Waals surface area contributed by atoms with Gasteiger partial charge in [-0.25, -0.2) is 0 Å². The molecule has 1 fully saturated rings. The van der Waals surface area contributed by atoms with Crippen LogP contribution in [0.2, 0.25) is 5.02 Å². The monoisotopic (exact) mass is 313 g/mol. The lowest BCUT2D eigenvalue weighted by Gasteiger charge is -2.31. The van der Waals surface area contributed by atoms with E-state index in [1.807, 2.05) is 0 Å². The van der Waals surface area contributed by atoms with E-state index >= 15 is 0 Å². The summed E-state index contributed by atoms with van der Waals surface area (Å²) in [6, 6.07) is 3.04. The molecule has 1 aliphatic heterocycles. The third-order valence-corrected chi connectivity index (χ3v) is 3.80. The van der Waals surface area contributed by atoms with Gasteiger partial charge in [-0.1, -0.05) is 11.6 Å². The smallest absolute Gasteiger partial charge is 0.255 e. The molecule has 1 aromatic rings. The fraction of sp³-hybridized carbons (Fsp3) is 0.500. The van der Waals surface area contributed by atoms with Crippen molar-refractivity contribution in [2.24, 2.45) is 0 Å². The van der Waals surface area contributed by atoms with Crippen LogP contribution in [0.25, 0.3) is 0 Å². The van der Waals surface area contributed by atoms with Crippen molar-refractivity contribution in [3.8, 4) is 5.75 Å². The third-order valence-electron chi connectivity index (χ3n) is 3.58. The van der Waals surface area contributed by atoms with E-state index in [1.165, 1.54) is 7.11 Å². The van der Waals surface area contributed by atoms with E-state index in [-0.39, 0.29) is 18.1 Å². The zero-order valence-electron chi connectivity index (χ0n) is 12.1. The largest absolute Gasteiger partial charge is 0.494 e. The molecule has 2 rings (SSSR count). The molecule has 0 spiro atoms. The van der Waals surface area contributed by atoms with E-state index in [2.05, 4.69) is 10.6 Å². The number of ether oxygens (including phenoxy) is 2. The van der Waals surface area contributed by atoms with Crippen LogP contribution < -0.4 is 21.1 Å². The van der Waals surface area contributed by atoms with Crippen LogP contribution in [0.5, 0.6) is 5.75 Å². The highest BCUT2D eigenvalue weighted by atomic mass is 35.5. The summed E-state index contributed by atoms with van der Waals surface area (Å²) in [6.45, 7) is 1.54. The van der Waals surface area contributed by atoms with Gasteiger partial charge in [0.05, 0.1) is 30.5 Å². The van der Waals surface area contributed by atoms with Crippen LogP contribution in [0.15, 0.2) is 12.1 Å². The summed E-state index contributed by atoms with van der Waals surface area (Å²) in [6.07, 6.45) is 0.730. The SMILES string of the molecule is COc1c(N)cc(Cl)cc1C(=O)N[C@@H]1CCNC[C@@H]1OC. The van der Waals surface area contributed by atoms with Gasteiger partial charge in [0, 0.05) is 18.7 Å². The normalized spacial score (nSPS) is 21.9. The van der Waals surface area contributed by atoms with E-state index in [0.717, 1.165) is 13.0 Å². The van der Waals surface area contributed by atoms with Gasteiger partial charge in [0.15, 0.2) is 5.75 Å². The Balaban J connectivity index is 2.20. The third kappa shape index (κ3) is 3.58. The number of halogens is 1. The van der Waals surface area contributed by atoms with Gasteiger partial charge in [-0.05, 0) is 25.1 Å². The number of carbonyl (C=O) groups excluding carboxylic acids is 1. The summed E-state index contributed by atoms with van der Waals surface area (Å²) in [5.41, 5.74) is 6.50. The maximum Gasteiger partial charge on any atom is 0.255 e. The molecule has 0 aliphatic carbocycles. The maximum absolute atomic E-state index is 12.5. The van der Waals surface area contributed by atoms with E-state index < -0.39 is 0 Å². The number of nitrogen functional groups attached to an aromatic ring is 1. The summed E-state index contributed by atoms with van der Waals surface area (Å²) < 4.78 is 10.6. The molecule has 4 N–H and O–H groups in total. The van der Waals surface area contributed by atoms with Crippen LogP contribution in [0.4, 0.5) is 5.69 Å². The van der Waals surface area contributed by atoms with Crippen LogP contribution in [-0.2, 0) is 4.74 Å². The molecule has 1 aromatic carbocycles. The second-order valence-corrected chi connectivity index (χ2v) is 5.36. The van der Waals surface area contributed by atoms with Gasteiger partial charge in [0.25, 0.3) is 5.91 Å². The van der Waals surface area contributed by atoms with Crippen LogP contribution in [0.3, 0.4) is 0 Å². The van der Waals surface area contributed by atoms with Gasteiger partial charge >= 0.3 is 0 Å². The van der Waals surface area contributed by atoms with E-state index in [1.54, 1.807) is 19.2 Å². The first-order chi connectivity index (χ1) is 10.1. The van der Waals surface area contributed by atoms with Crippen LogP contribution in [0.1, 0.15) is 16.8 Å². The Bertz CT molecular complexity index is 524. The molecule has 21 heavy (non-hydrogen) atoms. The minimum absolute atomic E-state index is 0.0614. The van der Waals surface area contributed by atoms with Crippen LogP contribution in [0, 0.1) is 0 Å². The quantitative estimate of drug-likeness (QED) is 0.723. The molecule has 1 heterocycles. The Morgan fingerprint density at radius 2 is 2.24 bits per heavy atom. The molecule has 1 aliphatic rings. The van der Waals surface area contributed by atoms with Crippen molar-refractivity contribution in [2.45, 2.75) is 18.6 Å². The zero-order valence-corrected chi connectivity index (χ0v) is 12.9. The molecule has 2 atom stereocenters. The number of nitrogens with two attached hydrogens (primary N) is 1. The molecule has 1 amide bonds. The summed E-state index contributed by atoms with van der Waals surface area (Å²) in [5.74, 6) is 0.0646. The number of carbonyl (C=O) groups is 1. The number of hydrogen-bond donors (Lipinski definition) is 3. The number of hydrogen-bond acceptors (Lipinski definition) is 5. The van der Waals surface area contributed by atoms with Crippen molar-refractivity contribution in [2.75, 3.05) is 33.0 Å². The Morgan fingerprint density at radius 1 is 1.48 bits per heavy atom. The number of methoxy groups -OCH3 is 2. The molecule has 0 aromatic heterocycles. The average Bonchev–Trinajstić information content (AvgIpc) is 2.47. The number of rotatable bonds is 4. The number of amides is 1. The number of piperidine rings is 1. The molecule has 0 unspecified atom stereocenters. The molecule has 0 radical (unpaired) electrons. The Hall–Kier alpha value is -1.50. The zero-order chi connectivity index (χ0) is 15.4. The van der Waals surface area contributed by atoms with Crippen molar-refractivity contribution in [1.29, 1.82) is 0 Å². The van der Waals surface area contributed by atoms with E-state index in [4.69, 9.17) is 26.8 Å². The van der Waals surface area contributed by atoms with Gasteiger partial charge in [0.1, 0.15) is 0 Å². The molecule has 116 valence electrons. The predicted molar refractivity (Wildman–Crippen MR) is 82.0 cm³/mol. The lowest BCUT2D eigenvalue weighted by atomic mass is 10.0. The molecule has 6 nitrogen and oxygen atoms in total. The van der Waals surface area contributed by atoms with Gasteiger partial charge in [0.2, 0.25) is 0 Å². The summed E-state index contributed by atoms with van der Waals surface area (Å²) in [7, 11) is 3.10. The molecular weight excluding hydrogens is 294 g/mol. The van der Waals surface area contributed by atoms with Crippen molar-refractivity contribution < 1.29 is 14.3 Å². The second kappa shape index (κ2) is 6.98. The van der Waals surface area contributed by atoms with Gasteiger partial charge in [-0.3, -0.25) is 4.79 Å². The molecular formula is C14H20ClN3O3. The van der Waals surface area contributed by atoms with Gasteiger partial charge < -0.3 is 25.8 Å². The summed E-state index contributed by atoms with van der Waals surface area (Å²) >= 11 is 5.97. The van der Waals surface area contributed by atoms with Crippen molar-refractivity contribution in [3.63, 3.8) is 0 Å². The highest BCUT2D eigenvalue weighted by Gasteiger charge is 2.27. The highest BCUT2D eigenvalue weighted by molar-refractivity contribution is 6.31. The topological polar surface area (TPSA) is 85.6 Å². The Morgan fingerprint density at radius 3 is 2.90 bits per heavy atom. The fourth-order valence-electron chi connectivity index (χ4n) is 2.50. The standard InChI is InChI=1S/C14H20ClN3O3/c1-20-12-7-17-4-3-11(12)18-14(19)9-5-8(15)6-10(16)13(9)21-2/h5-6,11-12,17H,3-4,7,16H2,1-2H3,(H,18,19)/t11-,12+/m1/s1. The molecule has 7 heteroatoms. The Kier molecular flexibility index (Phi) is 5.27. The highest BCUT2D eigenvalue weighted by Crippen LogP contribution is 2.30. The summed E-state index contributed by atoms with van der Waals surface area (Å²) in [4.78, 5) is 12.5. The van der Waals surface area contributed by atoms with Gasteiger partial charge in [-0.15, -0.1) is 0 Å². The van der Waals surface area contributed by atoms with Crippen molar-refractivity contribution in [3.05, 3.63) is 22.7 Å². The summed E-state index contributed by atoms with van der Waals surface area (Å²) in [5, 5.41) is 6.59. The van der Waals surface area contributed by atoms with Crippen molar-refractivity contribution in [1.82, 2.24) is 10.6 Å². The minimum atomic E-state index is -0.269. The molecule has 0 saturated carbocycles. The number of benzene rings is 1.